The second-order valence-corrected chi connectivity index (χ2v) is 3.78. The minimum atomic E-state index is 0.570. The molecule has 94 valence electrons. The Morgan fingerprint density at radius 2 is 2.00 bits per heavy atom. The number of ether oxygens (including phenoxy) is 1. The third-order valence-corrected chi connectivity index (χ3v) is 2.28. The summed E-state index contributed by atoms with van der Waals surface area (Å²) in [5, 5.41) is 3.15. The molecular weight excluding hydrogens is 228 g/mol. The SMILES string of the molecule is CCCOc1ccnc(NCc2ccncc2)n1. The molecule has 2 aromatic rings. The van der Waals surface area contributed by atoms with Gasteiger partial charge in [-0.1, -0.05) is 6.92 Å². The van der Waals surface area contributed by atoms with Crippen LogP contribution in [-0.2, 0) is 6.54 Å². The number of anilines is 1. The van der Waals surface area contributed by atoms with E-state index in [-0.39, 0.29) is 0 Å². The van der Waals surface area contributed by atoms with Crippen molar-refractivity contribution in [1.29, 1.82) is 0 Å². The van der Waals surface area contributed by atoms with Crippen LogP contribution < -0.4 is 10.1 Å². The van der Waals surface area contributed by atoms with Gasteiger partial charge in [-0.2, -0.15) is 4.98 Å². The lowest BCUT2D eigenvalue weighted by atomic mass is 10.3. The van der Waals surface area contributed by atoms with Crippen molar-refractivity contribution in [3.8, 4) is 5.88 Å². The lowest BCUT2D eigenvalue weighted by Gasteiger charge is -2.07. The number of rotatable bonds is 6. The van der Waals surface area contributed by atoms with Crippen molar-refractivity contribution in [3.05, 3.63) is 42.4 Å². The molecule has 5 heteroatoms. The summed E-state index contributed by atoms with van der Waals surface area (Å²) >= 11 is 0. The maximum Gasteiger partial charge on any atom is 0.226 e. The summed E-state index contributed by atoms with van der Waals surface area (Å²) < 4.78 is 5.45. The van der Waals surface area contributed by atoms with Gasteiger partial charge in [-0.25, -0.2) is 4.98 Å². The van der Waals surface area contributed by atoms with Crippen LogP contribution >= 0.6 is 0 Å². The molecule has 1 N–H and O–H groups in total. The van der Waals surface area contributed by atoms with Gasteiger partial charge in [0.05, 0.1) is 6.61 Å². The summed E-state index contributed by atoms with van der Waals surface area (Å²) in [6, 6.07) is 5.65. The summed E-state index contributed by atoms with van der Waals surface area (Å²) in [6.45, 7) is 3.39. The predicted octanol–water partition coefficient (Wildman–Crippen LogP) is 2.27. The van der Waals surface area contributed by atoms with E-state index in [2.05, 4.69) is 27.2 Å². The van der Waals surface area contributed by atoms with Crippen LogP contribution in [0, 0.1) is 0 Å². The van der Waals surface area contributed by atoms with E-state index in [1.807, 2.05) is 12.1 Å². The van der Waals surface area contributed by atoms with Crippen LogP contribution in [0.3, 0.4) is 0 Å². The Bertz CT molecular complexity index is 475. The first-order chi connectivity index (χ1) is 8.88. The molecule has 0 saturated heterocycles. The molecule has 0 aliphatic carbocycles. The Morgan fingerprint density at radius 1 is 1.17 bits per heavy atom. The molecule has 2 aromatic heterocycles. The molecule has 2 rings (SSSR count). The van der Waals surface area contributed by atoms with Crippen molar-refractivity contribution < 1.29 is 4.74 Å². The first-order valence-electron chi connectivity index (χ1n) is 5.97. The van der Waals surface area contributed by atoms with Crippen LogP contribution in [0.2, 0.25) is 0 Å². The van der Waals surface area contributed by atoms with Gasteiger partial charge in [-0.3, -0.25) is 4.98 Å². The van der Waals surface area contributed by atoms with Crippen molar-refractivity contribution in [3.63, 3.8) is 0 Å². The zero-order valence-corrected chi connectivity index (χ0v) is 10.3. The van der Waals surface area contributed by atoms with Gasteiger partial charge < -0.3 is 10.1 Å². The Kier molecular flexibility index (Phi) is 4.46. The molecule has 0 fully saturated rings. The number of aromatic nitrogens is 3. The molecule has 18 heavy (non-hydrogen) atoms. The normalized spacial score (nSPS) is 10.1. The Labute approximate surface area is 106 Å². The second-order valence-electron chi connectivity index (χ2n) is 3.78. The molecule has 2 heterocycles. The summed E-state index contributed by atoms with van der Waals surface area (Å²) in [6.07, 6.45) is 6.17. The van der Waals surface area contributed by atoms with E-state index in [0.29, 0.717) is 25.0 Å². The quantitative estimate of drug-likeness (QED) is 0.844. The van der Waals surface area contributed by atoms with Crippen LogP contribution in [0.5, 0.6) is 5.88 Å². The molecule has 0 aromatic carbocycles. The summed E-state index contributed by atoms with van der Waals surface area (Å²) in [5.74, 6) is 1.17. The minimum absolute atomic E-state index is 0.570. The van der Waals surface area contributed by atoms with Gasteiger partial charge in [0.1, 0.15) is 0 Å². The predicted molar refractivity (Wildman–Crippen MR) is 69.4 cm³/mol. The molecule has 0 radical (unpaired) electrons. The molecule has 0 bridgehead atoms. The fourth-order valence-electron chi connectivity index (χ4n) is 1.40. The first-order valence-corrected chi connectivity index (χ1v) is 5.97. The van der Waals surface area contributed by atoms with Crippen molar-refractivity contribution in [2.75, 3.05) is 11.9 Å². The highest BCUT2D eigenvalue weighted by molar-refractivity contribution is 5.29. The van der Waals surface area contributed by atoms with Crippen molar-refractivity contribution >= 4 is 5.95 Å². The molecule has 5 nitrogen and oxygen atoms in total. The molecule has 0 unspecified atom stereocenters. The Balaban J connectivity index is 1.93. The van der Waals surface area contributed by atoms with Gasteiger partial charge in [-0.15, -0.1) is 0 Å². The lowest BCUT2D eigenvalue weighted by Crippen LogP contribution is -2.05. The average Bonchev–Trinajstić information content (AvgIpc) is 2.44. The zero-order chi connectivity index (χ0) is 12.6. The van der Waals surface area contributed by atoms with Crippen molar-refractivity contribution in [2.45, 2.75) is 19.9 Å². The lowest BCUT2D eigenvalue weighted by molar-refractivity contribution is 0.305. The minimum Gasteiger partial charge on any atom is -0.478 e. The van der Waals surface area contributed by atoms with E-state index in [1.54, 1.807) is 24.7 Å². The highest BCUT2D eigenvalue weighted by Gasteiger charge is 1.99. The zero-order valence-electron chi connectivity index (χ0n) is 10.3. The van der Waals surface area contributed by atoms with Crippen molar-refractivity contribution in [1.82, 2.24) is 15.0 Å². The van der Waals surface area contributed by atoms with E-state index >= 15 is 0 Å². The molecule has 0 atom stereocenters. The van der Waals surface area contributed by atoms with Crippen LogP contribution in [-0.4, -0.2) is 21.6 Å². The largest absolute Gasteiger partial charge is 0.478 e. The van der Waals surface area contributed by atoms with E-state index in [9.17, 15) is 0 Å². The van der Waals surface area contributed by atoms with Gasteiger partial charge in [0.2, 0.25) is 11.8 Å². The monoisotopic (exact) mass is 244 g/mol. The Morgan fingerprint density at radius 3 is 2.78 bits per heavy atom. The van der Waals surface area contributed by atoms with Gasteiger partial charge in [-0.05, 0) is 24.1 Å². The standard InChI is InChI=1S/C13H16N4O/c1-2-9-18-12-5-8-15-13(17-12)16-10-11-3-6-14-7-4-11/h3-8H,2,9-10H2,1H3,(H,15,16,17). The average molecular weight is 244 g/mol. The highest BCUT2D eigenvalue weighted by atomic mass is 16.5. The van der Waals surface area contributed by atoms with E-state index < -0.39 is 0 Å². The topological polar surface area (TPSA) is 59.9 Å². The number of pyridine rings is 1. The van der Waals surface area contributed by atoms with E-state index in [4.69, 9.17) is 4.74 Å². The number of hydrogen-bond donors (Lipinski definition) is 1. The molecule has 0 aliphatic rings. The van der Waals surface area contributed by atoms with E-state index in [0.717, 1.165) is 12.0 Å². The highest BCUT2D eigenvalue weighted by Crippen LogP contribution is 2.09. The fraction of sp³-hybridized carbons (Fsp3) is 0.308. The maximum atomic E-state index is 5.45. The first kappa shape index (κ1) is 12.3. The molecule has 0 saturated carbocycles. The van der Waals surface area contributed by atoms with Crippen LogP contribution in [0.25, 0.3) is 0 Å². The van der Waals surface area contributed by atoms with Crippen LogP contribution in [0.4, 0.5) is 5.95 Å². The number of nitrogens with zero attached hydrogens (tertiary/aromatic N) is 3. The summed E-state index contributed by atoms with van der Waals surface area (Å²) in [5.41, 5.74) is 1.13. The summed E-state index contributed by atoms with van der Waals surface area (Å²) in [4.78, 5) is 12.4. The maximum absolute atomic E-state index is 5.45. The van der Waals surface area contributed by atoms with Crippen LogP contribution in [0.1, 0.15) is 18.9 Å². The number of hydrogen-bond acceptors (Lipinski definition) is 5. The molecule has 0 spiro atoms. The van der Waals surface area contributed by atoms with Gasteiger partial charge in [0, 0.05) is 31.2 Å². The second kappa shape index (κ2) is 6.54. The van der Waals surface area contributed by atoms with Gasteiger partial charge in [0.25, 0.3) is 0 Å². The van der Waals surface area contributed by atoms with Crippen LogP contribution in [0.15, 0.2) is 36.8 Å². The summed E-state index contributed by atoms with van der Waals surface area (Å²) in [7, 11) is 0. The van der Waals surface area contributed by atoms with Gasteiger partial charge in [0.15, 0.2) is 0 Å². The van der Waals surface area contributed by atoms with Gasteiger partial charge >= 0.3 is 0 Å². The smallest absolute Gasteiger partial charge is 0.226 e. The molecular formula is C13H16N4O. The molecule has 0 amide bonds. The molecule has 0 aliphatic heterocycles. The fourth-order valence-corrected chi connectivity index (χ4v) is 1.40. The third-order valence-electron chi connectivity index (χ3n) is 2.28. The van der Waals surface area contributed by atoms with Crippen molar-refractivity contribution in [2.24, 2.45) is 0 Å². The third kappa shape index (κ3) is 3.69. The Hall–Kier alpha value is -2.17. The number of nitrogens with one attached hydrogen (secondary N) is 1. The van der Waals surface area contributed by atoms with E-state index in [1.165, 1.54) is 0 Å².